The van der Waals surface area contributed by atoms with Crippen LogP contribution in [0.3, 0.4) is 0 Å². The molecule has 0 aliphatic heterocycles. The Labute approximate surface area is 190 Å². The first-order chi connectivity index (χ1) is 14.9. The molecule has 6 nitrogen and oxygen atoms in total. The predicted octanol–water partition coefficient (Wildman–Crippen LogP) is 3.90. The minimum atomic E-state index is -3.26. The van der Waals surface area contributed by atoms with Crippen molar-refractivity contribution in [3.05, 3.63) is 58.9 Å². The van der Waals surface area contributed by atoms with E-state index >= 15 is 0 Å². The van der Waals surface area contributed by atoms with E-state index in [4.69, 9.17) is 4.74 Å². The number of sulfone groups is 1. The molecule has 0 N–H and O–H groups in total. The van der Waals surface area contributed by atoms with Gasteiger partial charge in [-0.3, -0.25) is 4.79 Å². The van der Waals surface area contributed by atoms with Crippen molar-refractivity contribution in [2.75, 3.05) is 24.9 Å². The molecule has 1 heterocycles. The molecule has 166 valence electrons. The van der Waals surface area contributed by atoms with Crippen LogP contribution in [-0.4, -0.2) is 43.8 Å². The van der Waals surface area contributed by atoms with Crippen LogP contribution in [0, 0.1) is 0 Å². The van der Waals surface area contributed by atoms with E-state index in [-0.39, 0.29) is 30.3 Å². The number of aromatic nitrogens is 1. The number of hydrogen-bond acceptors (Lipinski definition) is 6. The van der Waals surface area contributed by atoms with E-state index in [1.165, 1.54) is 11.3 Å². The molecule has 9 heteroatoms. The third kappa shape index (κ3) is 6.69. The maximum Gasteiger partial charge on any atom is 0.248 e. The number of nitrogens with zero attached hydrogens (tertiary/aromatic N) is 2. The van der Waals surface area contributed by atoms with Gasteiger partial charge in [0.2, 0.25) is 5.91 Å². The van der Waals surface area contributed by atoms with Gasteiger partial charge >= 0.3 is 0 Å². The molecular weight excluding hydrogens is 452 g/mol. The van der Waals surface area contributed by atoms with Crippen molar-refractivity contribution in [1.29, 1.82) is 0 Å². The number of aryl methyl sites for hydroxylation is 1. The molecule has 0 atom stereocenters. The van der Waals surface area contributed by atoms with Gasteiger partial charge < -0.3 is 9.30 Å². The number of fused-ring (bicyclic) bond motifs is 1. The van der Waals surface area contributed by atoms with Gasteiger partial charge in [-0.05, 0) is 30.4 Å². The van der Waals surface area contributed by atoms with Gasteiger partial charge in [0, 0.05) is 24.8 Å². The number of ether oxygens (including phenoxy) is 1. The van der Waals surface area contributed by atoms with Crippen LogP contribution in [0.15, 0.2) is 53.5 Å². The number of methoxy groups -OCH3 is 1. The van der Waals surface area contributed by atoms with Crippen molar-refractivity contribution in [2.45, 2.75) is 25.1 Å². The molecule has 0 bridgehead atoms. The van der Waals surface area contributed by atoms with Crippen LogP contribution in [0.5, 0.6) is 5.75 Å². The van der Waals surface area contributed by atoms with E-state index in [1.54, 1.807) is 31.0 Å². The van der Waals surface area contributed by atoms with Gasteiger partial charge in [0.1, 0.15) is 5.75 Å². The number of thiazole rings is 1. The van der Waals surface area contributed by atoms with E-state index in [9.17, 15) is 13.2 Å². The summed E-state index contributed by atoms with van der Waals surface area (Å²) in [6, 6.07) is 14.9. The first-order valence-corrected chi connectivity index (χ1v) is 13.9. The average Bonchev–Trinajstić information content (AvgIpc) is 3.08. The molecular formula is C22H26N2O4S3. The number of rotatable bonds is 10. The van der Waals surface area contributed by atoms with Crippen LogP contribution in [0.25, 0.3) is 10.2 Å². The summed E-state index contributed by atoms with van der Waals surface area (Å²) in [7, 11) is -1.64. The first-order valence-electron chi connectivity index (χ1n) is 9.90. The van der Waals surface area contributed by atoms with Crippen LogP contribution >= 0.6 is 23.1 Å². The summed E-state index contributed by atoms with van der Waals surface area (Å²) in [6.45, 7) is 0.728. The average molecular weight is 479 g/mol. The lowest BCUT2D eigenvalue weighted by Gasteiger charge is -2.05. The van der Waals surface area contributed by atoms with Crippen molar-refractivity contribution < 1.29 is 17.9 Å². The number of carbonyl (C=O) groups is 1. The standard InChI is InChI=1S/C22H26N2O4S3/c1-28-18-10-11-20-19(15-18)24(12-13-29-2)22(30-20)23-21(25)9-6-14-31(26,27)16-17-7-4-3-5-8-17/h3-5,7-8,10-11,15H,6,9,12-14,16H2,1-2H3. The van der Waals surface area contributed by atoms with Crippen LogP contribution in [0.1, 0.15) is 18.4 Å². The molecule has 31 heavy (non-hydrogen) atoms. The highest BCUT2D eigenvalue weighted by molar-refractivity contribution is 7.98. The first kappa shape index (κ1) is 23.6. The molecule has 0 aliphatic rings. The predicted molar refractivity (Wildman–Crippen MR) is 128 cm³/mol. The molecule has 1 aromatic heterocycles. The highest BCUT2D eigenvalue weighted by Crippen LogP contribution is 2.23. The Morgan fingerprint density at radius 3 is 2.68 bits per heavy atom. The maximum absolute atomic E-state index is 12.5. The number of hydrogen-bond donors (Lipinski definition) is 0. The molecule has 0 radical (unpaired) electrons. The fraction of sp³-hybridized carbons (Fsp3) is 0.364. The maximum atomic E-state index is 12.5. The minimum absolute atomic E-state index is 0.00793. The summed E-state index contributed by atoms with van der Waals surface area (Å²) < 4.78 is 33.1. The summed E-state index contributed by atoms with van der Waals surface area (Å²) in [5.74, 6) is 1.31. The number of benzene rings is 2. The normalized spacial score (nSPS) is 12.4. The van der Waals surface area contributed by atoms with Crippen molar-refractivity contribution in [2.24, 2.45) is 4.99 Å². The second-order valence-electron chi connectivity index (χ2n) is 7.05. The number of amides is 1. The van der Waals surface area contributed by atoms with E-state index in [2.05, 4.69) is 4.99 Å². The van der Waals surface area contributed by atoms with E-state index in [0.717, 1.165) is 33.8 Å². The Kier molecular flexibility index (Phi) is 8.34. The topological polar surface area (TPSA) is 77.7 Å². The summed E-state index contributed by atoms with van der Waals surface area (Å²) in [6.07, 6.45) is 2.41. The van der Waals surface area contributed by atoms with Crippen molar-refractivity contribution in [3.8, 4) is 5.75 Å². The molecule has 2 aromatic carbocycles. The Balaban J connectivity index is 1.71. The molecule has 1 amide bonds. The lowest BCUT2D eigenvalue weighted by Crippen LogP contribution is -2.18. The second kappa shape index (κ2) is 11.0. The number of carbonyl (C=O) groups excluding carboxylic acids is 1. The highest BCUT2D eigenvalue weighted by atomic mass is 32.2. The van der Waals surface area contributed by atoms with Crippen molar-refractivity contribution in [3.63, 3.8) is 0 Å². The summed E-state index contributed by atoms with van der Waals surface area (Å²) in [5, 5.41) is 0. The molecule has 3 aromatic rings. The SMILES string of the molecule is COc1ccc2sc(=NC(=O)CCCS(=O)(=O)Cc3ccccc3)n(CCSC)c2c1. The molecule has 0 saturated heterocycles. The van der Waals surface area contributed by atoms with Crippen LogP contribution in [0.2, 0.25) is 0 Å². The van der Waals surface area contributed by atoms with Gasteiger partial charge in [0.25, 0.3) is 0 Å². The fourth-order valence-corrected chi connectivity index (χ4v) is 6.01. The molecule has 3 rings (SSSR count). The van der Waals surface area contributed by atoms with E-state index in [1.807, 2.05) is 47.2 Å². The molecule has 0 fully saturated rings. The number of thioether (sulfide) groups is 1. The smallest absolute Gasteiger partial charge is 0.248 e. The summed E-state index contributed by atoms with van der Waals surface area (Å²) >= 11 is 3.18. The molecule has 0 spiro atoms. The lowest BCUT2D eigenvalue weighted by molar-refractivity contribution is -0.118. The fourth-order valence-electron chi connectivity index (χ4n) is 3.17. The monoisotopic (exact) mass is 478 g/mol. The second-order valence-corrected chi connectivity index (χ2v) is 11.2. The van der Waals surface area contributed by atoms with Crippen LogP contribution in [0.4, 0.5) is 0 Å². The van der Waals surface area contributed by atoms with Crippen molar-refractivity contribution in [1.82, 2.24) is 4.57 Å². The van der Waals surface area contributed by atoms with Gasteiger partial charge in [-0.1, -0.05) is 41.7 Å². The third-order valence-electron chi connectivity index (χ3n) is 4.70. The Morgan fingerprint density at radius 1 is 1.19 bits per heavy atom. The van der Waals surface area contributed by atoms with Crippen LogP contribution in [-0.2, 0) is 26.9 Å². The van der Waals surface area contributed by atoms with E-state index in [0.29, 0.717) is 4.80 Å². The molecule has 0 saturated carbocycles. The summed E-state index contributed by atoms with van der Waals surface area (Å²) in [5.41, 5.74) is 1.74. The van der Waals surface area contributed by atoms with E-state index < -0.39 is 9.84 Å². The highest BCUT2D eigenvalue weighted by Gasteiger charge is 2.14. The quantitative estimate of drug-likeness (QED) is 0.442. The molecule has 0 aliphatic carbocycles. The third-order valence-corrected chi connectivity index (χ3v) is 8.04. The van der Waals surface area contributed by atoms with Gasteiger partial charge in [-0.25, -0.2) is 8.42 Å². The minimum Gasteiger partial charge on any atom is -0.497 e. The zero-order valence-electron chi connectivity index (χ0n) is 17.6. The lowest BCUT2D eigenvalue weighted by atomic mass is 10.2. The zero-order valence-corrected chi connectivity index (χ0v) is 20.1. The summed E-state index contributed by atoms with van der Waals surface area (Å²) in [4.78, 5) is 17.4. The van der Waals surface area contributed by atoms with Gasteiger partial charge in [0.15, 0.2) is 14.6 Å². The molecule has 0 unspecified atom stereocenters. The Bertz CT molecular complexity index is 1200. The van der Waals surface area contributed by atoms with Gasteiger partial charge in [0.05, 0.1) is 28.8 Å². The van der Waals surface area contributed by atoms with Crippen molar-refractivity contribution >= 4 is 49.1 Å². The van der Waals surface area contributed by atoms with Gasteiger partial charge in [-0.15, -0.1) is 0 Å². The largest absolute Gasteiger partial charge is 0.497 e. The zero-order chi connectivity index (χ0) is 22.3. The Hall–Kier alpha value is -2.10. The van der Waals surface area contributed by atoms with Gasteiger partial charge in [-0.2, -0.15) is 16.8 Å². The Morgan fingerprint density at radius 2 is 1.97 bits per heavy atom. The van der Waals surface area contributed by atoms with Crippen LogP contribution < -0.4 is 9.54 Å².